The van der Waals surface area contributed by atoms with Gasteiger partial charge in [0.25, 0.3) is 0 Å². The average molecular weight is 603 g/mol. The molecule has 0 fully saturated rings. The van der Waals surface area contributed by atoms with Gasteiger partial charge in [-0.15, -0.1) is 0 Å². The first-order valence-electron chi connectivity index (χ1n) is 16.4. The van der Waals surface area contributed by atoms with Gasteiger partial charge in [0.2, 0.25) is 0 Å². The molecule has 1 aromatic heterocycles. The van der Waals surface area contributed by atoms with E-state index in [2.05, 4.69) is 188 Å². The molecule has 1 N–H and O–H groups in total. The summed E-state index contributed by atoms with van der Waals surface area (Å²) in [6.07, 6.45) is 0. The van der Waals surface area contributed by atoms with E-state index in [0.29, 0.717) is 0 Å². The Kier molecular flexibility index (Phi) is 6.20. The highest BCUT2D eigenvalue weighted by Gasteiger charge is 2.35. The number of aromatic nitrogens is 1. The number of hydrogen-bond acceptors (Lipinski definition) is 1. The van der Waals surface area contributed by atoms with Crippen LogP contribution in [0.3, 0.4) is 0 Å². The van der Waals surface area contributed by atoms with Gasteiger partial charge in [-0.05, 0) is 93.0 Å². The van der Waals surface area contributed by atoms with Gasteiger partial charge < -0.3 is 9.88 Å². The minimum Gasteiger partial charge on any atom is -0.354 e. The summed E-state index contributed by atoms with van der Waals surface area (Å²) in [5, 5.41) is 2.52. The fourth-order valence-corrected chi connectivity index (χ4v) is 7.55. The lowest BCUT2D eigenvalue weighted by molar-refractivity contribution is 0.660. The molecule has 1 aliphatic carbocycles. The summed E-state index contributed by atoms with van der Waals surface area (Å²) in [7, 11) is 0. The molecule has 0 saturated carbocycles. The normalized spacial score (nSPS) is 13.1. The first-order valence-corrected chi connectivity index (χ1v) is 16.4. The standard InChI is InChI=1S/C45H34N2/c1-45(2)41-14-8-6-12-37(41)38-27-25-36(29-42(38)45)47(34-21-16-31(17-22-34)30-10-4-3-5-11-30)35-23-18-32(19-24-35)33-20-26-40-39-13-7-9-15-43(39)46-44(40)28-33/h3-29,46H,1-2H3. The van der Waals surface area contributed by atoms with Crippen LogP contribution in [-0.4, -0.2) is 4.98 Å². The first-order chi connectivity index (χ1) is 23.0. The van der Waals surface area contributed by atoms with Crippen LogP contribution >= 0.6 is 0 Å². The van der Waals surface area contributed by atoms with Gasteiger partial charge in [0.05, 0.1) is 0 Å². The maximum Gasteiger partial charge on any atom is 0.0471 e. The van der Waals surface area contributed by atoms with Gasteiger partial charge >= 0.3 is 0 Å². The molecule has 0 unspecified atom stereocenters. The second kappa shape index (κ2) is 10.6. The molecule has 0 saturated heterocycles. The minimum atomic E-state index is -0.0735. The lowest BCUT2D eigenvalue weighted by atomic mass is 9.82. The van der Waals surface area contributed by atoms with Crippen LogP contribution in [0.4, 0.5) is 17.1 Å². The molecule has 0 radical (unpaired) electrons. The van der Waals surface area contributed by atoms with Crippen molar-refractivity contribution in [3.63, 3.8) is 0 Å². The van der Waals surface area contributed by atoms with E-state index < -0.39 is 0 Å². The monoisotopic (exact) mass is 602 g/mol. The molecular formula is C45H34N2. The molecule has 7 aromatic carbocycles. The van der Waals surface area contributed by atoms with Crippen LogP contribution in [0.2, 0.25) is 0 Å². The van der Waals surface area contributed by atoms with Crippen molar-refractivity contribution >= 4 is 38.9 Å². The summed E-state index contributed by atoms with van der Waals surface area (Å²) in [6, 6.07) is 59.6. The molecular weight excluding hydrogens is 569 g/mol. The zero-order valence-corrected chi connectivity index (χ0v) is 26.5. The predicted molar refractivity (Wildman–Crippen MR) is 199 cm³/mol. The number of benzene rings is 7. The third-order valence-corrected chi connectivity index (χ3v) is 10.0. The molecule has 8 aromatic rings. The van der Waals surface area contributed by atoms with Crippen molar-refractivity contribution in [2.24, 2.45) is 0 Å². The van der Waals surface area contributed by atoms with E-state index in [-0.39, 0.29) is 5.41 Å². The van der Waals surface area contributed by atoms with Crippen molar-refractivity contribution < 1.29 is 0 Å². The van der Waals surface area contributed by atoms with Crippen molar-refractivity contribution in [2.45, 2.75) is 19.3 Å². The van der Waals surface area contributed by atoms with Crippen LogP contribution in [0.5, 0.6) is 0 Å². The largest absolute Gasteiger partial charge is 0.354 e. The van der Waals surface area contributed by atoms with Crippen LogP contribution in [0, 0.1) is 0 Å². The fourth-order valence-electron chi connectivity index (χ4n) is 7.55. The maximum absolute atomic E-state index is 3.60. The second-order valence-corrected chi connectivity index (χ2v) is 13.1. The highest BCUT2D eigenvalue weighted by atomic mass is 15.1. The fraction of sp³-hybridized carbons (Fsp3) is 0.0667. The van der Waals surface area contributed by atoms with Gasteiger partial charge in [0, 0.05) is 44.3 Å². The summed E-state index contributed by atoms with van der Waals surface area (Å²) < 4.78 is 0. The molecule has 224 valence electrons. The number of anilines is 3. The van der Waals surface area contributed by atoms with Crippen molar-refractivity contribution in [1.82, 2.24) is 4.98 Å². The lowest BCUT2D eigenvalue weighted by Gasteiger charge is -2.28. The SMILES string of the molecule is CC1(C)c2ccccc2-c2ccc(N(c3ccc(-c4ccccc4)cc3)c3ccc(-c4ccc5c(c4)[nH]c4ccccc45)cc3)cc21. The molecule has 0 atom stereocenters. The van der Waals surface area contributed by atoms with Crippen LogP contribution in [0.15, 0.2) is 164 Å². The third kappa shape index (κ3) is 4.48. The van der Waals surface area contributed by atoms with Gasteiger partial charge in [-0.3, -0.25) is 0 Å². The van der Waals surface area contributed by atoms with Crippen LogP contribution in [0.25, 0.3) is 55.2 Å². The second-order valence-electron chi connectivity index (χ2n) is 13.1. The molecule has 2 heteroatoms. The molecule has 47 heavy (non-hydrogen) atoms. The molecule has 1 aliphatic rings. The topological polar surface area (TPSA) is 19.0 Å². The van der Waals surface area contributed by atoms with E-state index >= 15 is 0 Å². The number of H-pyrrole nitrogens is 1. The highest BCUT2D eigenvalue weighted by molar-refractivity contribution is 6.08. The Morgan fingerprint density at radius 2 is 0.957 bits per heavy atom. The predicted octanol–water partition coefficient (Wildman–Crippen LogP) is 12.4. The maximum atomic E-state index is 3.60. The van der Waals surface area contributed by atoms with Crippen molar-refractivity contribution in [3.8, 4) is 33.4 Å². The zero-order valence-electron chi connectivity index (χ0n) is 26.5. The molecule has 0 bridgehead atoms. The number of nitrogens with zero attached hydrogens (tertiary/aromatic N) is 1. The highest BCUT2D eigenvalue weighted by Crippen LogP contribution is 2.50. The third-order valence-electron chi connectivity index (χ3n) is 10.0. The minimum absolute atomic E-state index is 0.0735. The van der Waals surface area contributed by atoms with Gasteiger partial charge in [-0.25, -0.2) is 0 Å². The Balaban J connectivity index is 1.13. The average Bonchev–Trinajstić information content (AvgIpc) is 3.61. The Morgan fingerprint density at radius 3 is 1.72 bits per heavy atom. The van der Waals surface area contributed by atoms with E-state index in [1.807, 2.05) is 0 Å². The van der Waals surface area contributed by atoms with E-state index in [9.17, 15) is 0 Å². The summed E-state index contributed by atoms with van der Waals surface area (Å²) in [6.45, 7) is 4.69. The zero-order chi connectivity index (χ0) is 31.5. The van der Waals surface area contributed by atoms with E-state index in [4.69, 9.17) is 0 Å². The Labute approximate surface area is 275 Å². The van der Waals surface area contributed by atoms with Crippen molar-refractivity contribution in [1.29, 1.82) is 0 Å². The van der Waals surface area contributed by atoms with Gasteiger partial charge in [0.15, 0.2) is 0 Å². The number of para-hydroxylation sites is 1. The number of rotatable bonds is 5. The number of fused-ring (bicyclic) bond motifs is 6. The van der Waals surface area contributed by atoms with E-state index in [0.717, 1.165) is 22.6 Å². The van der Waals surface area contributed by atoms with Gasteiger partial charge in [0.1, 0.15) is 0 Å². The molecule has 2 nitrogen and oxygen atoms in total. The Morgan fingerprint density at radius 1 is 0.404 bits per heavy atom. The van der Waals surface area contributed by atoms with E-state index in [1.54, 1.807) is 0 Å². The molecule has 0 amide bonds. The number of hydrogen-bond donors (Lipinski definition) is 1. The number of nitrogens with one attached hydrogen (secondary N) is 1. The van der Waals surface area contributed by atoms with Crippen molar-refractivity contribution in [3.05, 3.63) is 175 Å². The van der Waals surface area contributed by atoms with Crippen molar-refractivity contribution in [2.75, 3.05) is 4.90 Å². The van der Waals surface area contributed by atoms with Gasteiger partial charge in [-0.2, -0.15) is 0 Å². The Bertz CT molecular complexity index is 2410. The summed E-state index contributed by atoms with van der Waals surface area (Å²) in [5.74, 6) is 0. The molecule has 0 spiro atoms. The summed E-state index contributed by atoms with van der Waals surface area (Å²) >= 11 is 0. The smallest absolute Gasteiger partial charge is 0.0471 e. The first kappa shape index (κ1) is 27.5. The van der Waals surface area contributed by atoms with Crippen LogP contribution in [-0.2, 0) is 5.41 Å². The van der Waals surface area contributed by atoms with Crippen LogP contribution < -0.4 is 4.90 Å². The Hall–Kier alpha value is -5.86. The van der Waals surface area contributed by atoms with Gasteiger partial charge in [-0.1, -0.05) is 129 Å². The lowest BCUT2D eigenvalue weighted by Crippen LogP contribution is -2.16. The van der Waals surface area contributed by atoms with Crippen LogP contribution in [0.1, 0.15) is 25.0 Å². The summed E-state index contributed by atoms with van der Waals surface area (Å²) in [5.41, 5.74) is 15.9. The number of aromatic amines is 1. The van der Waals surface area contributed by atoms with E-state index in [1.165, 1.54) is 60.8 Å². The quantitative estimate of drug-likeness (QED) is 0.208. The molecule has 9 rings (SSSR count). The molecule has 1 heterocycles. The summed E-state index contributed by atoms with van der Waals surface area (Å²) in [4.78, 5) is 5.99. The molecule has 0 aliphatic heterocycles.